The van der Waals surface area contributed by atoms with Crippen molar-refractivity contribution in [3.05, 3.63) is 0 Å². The lowest BCUT2D eigenvalue weighted by Gasteiger charge is -2.08. The number of carboxylic acid groups (broad SMARTS) is 2. The van der Waals surface area contributed by atoms with Crippen molar-refractivity contribution in [3.63, 3.8) is 0 Å². The van der Waals surface area contributed by atoms with Crippen LogP contribution in [-0.4, -0.2) is 34.2 Å². The molecule has 0 saturated heterocycles. The topological polar surface area (TPSA) is 101 Å². The van der Waals surface area contributed by atoms with Gasteiger partial charge in [-0.15, -0.1) is 0 Å². The van der Waals surface area contributed by atoms with Gasteiger partial charge < -0.3 is 14.9 Å². The number of rotatable bonds is 4. The van der Waals surface area contributed by atoms with Crippen LogP contribution in [-0.2, 0) is 19.1 Å². The van der Waals surface area contributed by atoms with Gasteiger partial charge in [0, 0.05) is 6.92 Å². The summed E-state index contributed by atoms with van der Waals surface area (Å²) in [4.78, 5) is 30.5. The largest absolute Gasteiger partial charge is 0.481 e. The van der Waals surface area contributed by atoms with Crippen LogP contribution in [0.15, 0.2) is 0 Å². The van der Waals surface area contributed by atoms with Gasteiger partial charge in [-0.25, -0.2) is 4.79 Å². The minimum Gasteiger partial charge on any atom is -0.481 e. The Morgan fingerprint density at radius 3 is 1.86 bits per heavy atom. The van der Waals surface area contributed by atoms with Crippen molar-refractivity contribution in [2.75, 3.05) is 0 Å². The second-order valence-corrected chi connectivity index (χ2v) is 2.03. The summed E-state index contributed by atoms with van der Waals surface area (Å²) in [5, 5.41) is 16.5. The maximum Gasteiger partial charge on any atom is 0.345 e. The lowest BCUT2D eigenvalue weighted by Crippen LogP contribution is -2.28. The predicted octanol–water partition coefficient (Wildman–Crippen LogP) is 0.504. The Balaban J connectivity index is 0. The first kappa shape index (κ1) is 14.9. The highest BCUT2D eigenvalue weighted by atomic mass is 16.6. The van der Waals surface area contributed by atoms with Crippen LogP contribution in [0, 0.1) is 0 Å². The Labute approximate surface area is 81.5 Å². The van der Waals surface area contributed by atoms with Crippen LogP contribution in [0.25, 0.3) is 0 Å². The second kappa shape index (κ2) is 8.03. The van der Waals surface area contributed by atoms with Crippen LogP contribution < -0.4 is 0 Å². The van der Waals surface area contributed by atoms with E-state index in [0.29, 0.717) is 0 Å². The number of carboxylic acids is 2. The molecule has 0 radical (unpaired) electrons. The monoisotopic (exact) mass is 206 g/mol. The zero-order chi connectivity index (χ0) is 11.7. The summed E-state index contributed by atoms with van der Waals surface area (Å²) >= 11 is 0. The smallest absolute Gasteiger partial charge is 0.345 e. The first-order chi connectivity index (χ1) is 6.43. The Kier molecular flexibility index (Phi) is 8.55. The number of esters is 1. The van der Waals surface area contributed by atoms with E-state index < -0.39 is 30.4 Å². The molecule has 0 saturated carbocycles. The van der Waals surface area contributed by atoms with Crippen molar-refractivity contribution in [2.24, 2.45) is 0 Å². The van der Waals surface area contributed by atoms with Gasteiger partial charge in [-0.05, 0) is 0 Å². The number of aliphatic carboxylic acids is 2. The molecule has 0 fully saturated rings. The molecule has 6 nitrogen and oxygen atoms in total. The summed E-state index contributed by atoms with van der Waals surface area (Å²) in [5.74, 6) is -3.61. The van der Waals surface area contributed by atoms with Crippen molar-refractivity contribution in [1.29, 1.82) is 0 Å². The van der Waals surface area contributed by atoms with Crippen LogP contribution in [0.3, 0.4) is 0 Å². The minimum absolute atomic E-state index is 0.727. The predicted molar refractivity (Wildman–Crippen MR) is 46.8 cm³/mol. The van der Waals surface area contributed by atoms with E-state index in [1.165, 1.54) is 0 Å². The highest BCUT2D eigenvalue weighted by molar-refractivity contribution is 5.82. The molecular formula is C8H14O6. The summed E-state index contributed by atoms with van der Waals surface area (Å²) in [6, 6.07) is 0. The van der Waals surface area contributed by atoms with Gasteiger partial charge in [-0.3, -0.25) is 9.59 Å². The minimum atomic E-state index is -1.60. The van der Waals surface area contributed by atoms with E-state index in [9.17, 15) is 14.4 Å². The van der Waals surface area contributed by atoms with Gasteiger partial charge in [0.1, 0.15) is 0 Å². The third-order valence-electron chi connectivity index (χ3n) is 0.944. The second-order valence-electron chi connectivity index (χ2n) is 2.03. The van der Waals surface area contributed by atoms with Crippen molar-refractivity contribution < 1.29 is 29.3 Å². The molecule has 0 heterocycles. The molecule has 0 aromatic carbocycles. The average Bonchev–Trinajstić information content (AvgIpc) is 2.05. The SMILES string of the molecule is CC.CC(=O)OC(CC(=O)O)C(=O)O. The van der Waals surface area contributed by atoms with Gasteiger partial charge in [-0.1, -0.05) is 13.8 Å². The number of ether oxygens (including phenoxy) is 1. The molecule has 82 valence electrons. The maximum absolute atomic E-state index is 10.3. The Morgan fingerprint density at radius 2 is 1.64 bits per heavy atom. The van der Waals surface area contributed by atoms with E-state index in [1.54, 1.807) is 0 Å². The van der Waals surface area contributed by atoms with Gasteiger partial charge in [0.2, 0.25) is 6.10 Å². The van der Waals surface area contributed by atoms with E-state index in [4.69, 9.17) is 10.2 Å². The maximum atomic E-state index is 10.3. The third kappa shape index (κ3) is 8.51. The molecule has 0 amide bonds. The highest BCUT2D eigenvalue weighted by Gasteiger charge is 2.23. The van der Waals surface area contributed by atoms with Gasteiger partial charge in [0.15, 0.2) is 0 Å². The van der Waals surface area contributed by atoms with Gasteiger partial charge >= 0.3 is 17.9 Å². The Hall–Kier alpha value is -1.59. The average molecular weight is 206 g/mol. The molecule has 2 N–H and O–H groups in total. The highest BCUT2D eigenvalue weighted by Crippen LogP contribution is 1.99. The number of carbonyl (C=O) groups is 3. The van der Waals surface area contributed by atoms with Crippen LogP contribution in [0.5, 0.6) is 0 Å². The van der Waals surface area contributed by atoms with Crippen LogP contribution >= 0.6 is 0 Å². The lowest BCUT2D eigenvalue weighted by molar-refractivity contribution is -0.165. The Morgan fingerprint density at radius 1 is 1.21 bits per heavy atom. The number of hydrogen-bond acceptors (Lipinski definition) is 4. The van der Waals surface area contributed by atoms with E-state index in [1.807, 2.05) is 13.8 Å². The number of hydrogen-bond donors (Lipinski definition) is 2. The summed E-state index contributed by atoms with van der Waals surface area (Å²) in [6.45, 7) is 5.01. The summed E-state index contributed by atoms with van der Waals surface area (Å²) in [5.41, 5.74) is 0. The van der Waals surface area contributed by atoms with Crippen molar-refractivity contribution in [3.8, 4) is 0 Å². The lowest BCUT2D eigenvalue weighted by atomic mass is 10.2. The number of carbonyl (C=O) groups excluding carboxylic acids is 1. The zero-order valence-corrected chi connectivity index (χ0v) is 8.31. The zero-order valence-electron chi connectivity index (χ0n) is 8.31. The van der Waals surface area contributed by atoms with Crippen molar-refractivity contribution in [1.82, 2.24) is 0 Å². The molecule has 0 aromatic heterocycles. The molecule has 14 heavy (non-hydrogen) atoms. The van der Waals surface area contributed by atoms with E-state index in [2.05, 4.69) is 4.74 Å². The third-order valence-corrected chi connectivity index (χ3v) is 0.944. The fourth-order valence-corrected chi connectivity index (χ4v) is 0.538. The van der Waals surface area contributed by atoms with Crippen LogP contribution in [0.4, 0.5) is 0 Å². The molecule has 0 aliphatic carbocycles. The molecule has 1 atom stereocenters. The molecular weight excluding hydrogens is 192 g/mol. The molecule has 0 rings (SSSR count). The standard InChI is InChI=1S/C6H8O6.C2H6/c1-3(7)12-4(6(10)11)2-5(8)9;1-2/h4H,2H2,1H3,(H,8,9)(H,10,11);1-2H3. The van der Waals surface area contributed by atoms with Gasteiger partial charge in [0.25, 0.3) is 0 Å². The van der Waals surface area contributed by atoms with Gasteiger partial charge in [-0.2, -0.15) is 0 Å². The fourth-order valence-electron chi connectivity index (χ4n) is 0.538. The molecule has 1 unspecified atom stereocenters. The molecule has 0 aliphatic heterocycles. The molecule has 0 aliphatic rings. The van der Waals surface area contributed by atoms with E-state index >= 15 is 0 Å². The van der Waals surface area contributed by atoms with Crippen LogP contribution in [0.2, 0.25) is 0 Å². The fraction of sp³-hybridized carbons (Fsp3) is 0.625. The molecule has 0 aromatic rings. The van der Waals surface area contributed by atoms with Crippen molar-refractivity contribution in [2.45, 2.75) is 33.3 Å². The summed E-state index contributed by atoms with van der Waals surface area (Å²) in [7, 11) is 0. The molecule has 0 bridgehead atoms. The first-order valence-corrected chi connectivity index (χ1v) is 4.05. The first-order valence-electron chi connectivity index (χ1n) is 4.05. The van der Waals surface area contributed by atoms with Crippen molar-refractivity contribution >= 4 is 17.9 Å². The normalized spacial score (nSPS) is 10.5. The Bertz CT molecular complexity index is 194. The van der Waals surface area contributed by atoms with E-state index in [-0.39, 0.29) is 0 Å². The summed E-state index contributed by atoms with van der Waals surface area (Å²) in [6.07, 6.45) is -2.32. The molecule has 0 spiro atoms. The van der Waals surface area contributed by atoms with Crippen LogP contribution in [0.1, 0.15) is 27.2 Å². The molecule has 6 heteroatoms. The van der Waals surface area contributed by atoms with Gasteiger partial charge in [0.05, 0.1) is 6.42 Å². The summed E-state index contributed by atoms with van der Waals surface area (Å²) < 4.78 is 4.20. The quantitative estimate of drug-likeness (QED) is 0.649. The van der Waals surface area contributed by atoms with E-state index in [0.717, 1.165) is 6.92 Å².